The molecule has 2 aromatic rings. The predicted octanol–water partition coefficient (Wildman–Crippen LogP) is 4.19. The van der Waals surface area contributed by atoms with Gasteiger partial charge >= 0.3 is 6.03 Å². The Morgan fingerprint density at radius 2 is 1.89 bits per heavy atom. The highest BCUT2D eigenvalue weighted by Crippen LogP contribution is 2.45. The van der Waals surface area contributed by atoms with Gasteiger partial charge in [-0.15, -0.1) is 0 Å². The van der Waals surface area contributed by atoms with Crippen LogP contribution in [-0.2, 0) is 22.7 Å². The van der Waals surface area contributed by atoms with Crippen molar-refractivity contribution in [2.24, 2.45) is 11.3 Å². The zero-order valence-corrected chi connectivity index (χ0v) is 21.4. The smallest absolute Gasteiger partial charge is 0.325 e. The second kappa shape index (κ2) is 10.7. The highest BCUT2D eigenvalue weighted by atomic mass is 16.5. The number of rotatable bonds is 9. The summed E-state index contributed by atoms with van der Waals surface area (Å²) in [6.07, 6.45) is 7.60. The summed E-state index contributed by atoms with van der Waals surface area (Å²) in [5.41, 5.74) is 1.23. The zero-order chi connectivity index (χ0) is 25.8. The molecule has 8 heteroatoms. The molecule has 4 rings (SSSR count). The maximum Gasteiger partial charge on any atom is 0.325 e. The number of carbonyl (C=O) groups excluding carboxylic acids is 3. The van der Waals surface area contributed by atoms with E-state index in [1.165, 1.54) is 0 Å². The molecule has 2 aliphatic rings. The number of carbonyl (C=O) groups is 3. The minimum absolute atomic E-state index is 0.219. The number of nitrogens with zero attached hydrogens (tertiary/aromatic N) is 2. The summed E-state index contributed by atoms with van der Waals surface area (Å²) >= 11 is 0. The van der Waals surface area contributed by atoms with Gasteiger partial charge in [-0.2, -0.15) is 0 Å². The monoisotopic (exact) mass is 492 g/mol. The van der Waals surface area contributed by atoms with E-state index in [0.29, 0.717) is 31.9 Å². The van der Waals surface area contributed by atoms with Gasteiger partial charge in [0.1, 0.15) is 24.4 Å². The van der Waals surface area contributed by atoms with Crippen molar-refractivity contribution in [1.29, 1.82) is 0 Å². The maximum atomic E-state index is 13.2. The molecule has 0 bridgehead atoms. The second-order valence-electron chi connectivity index (χ2n) is 10.6. The minimum Gasteiger partial charge on any atom is -0.489 e. The van der Waals surface area contributed by atoms with Gasteiger partial charge in [0.15, 0.2) is 0 Å². The molecule has 2 N–H and O–H groups in total. The van der Waals surface area contributed by atoms with Gasteiger partial charge in [-0.25, -0.2) is 4.79 Å². The van der Waals surface area contributed by atoms with Crippen molar-refractivity contribution in [3.05, 3.63) is 59.9 Å². The van der Waals surface area contributed by atoms with Gasteiger partial charge < -0.3 is 15.4 Å². The van der Waals surface area contributed by atoms with Gasteiger partial charge in [0.25, 0.3) is 5.91 Å². The highest BCUT2D eigenvalue weighted by molar-refractivity contribution is 6.09. The lowest BCUT2D eigenvalue weighted by atomic mass is 9.65. The summed E-state index contributed by atoms with van der Waals surface area (Å²) in [6, 6.07) is 10.8. The number of hydrogen-bond donors (Lipinski definition) is 2. The molecular formula is C28H36N4O4. The van der Waals surface area contributed by atoms with E-state index >= 15 is 0 Å². The van der Waals surface area contributed by atoms with Gasteiger partial charge in [0.2, 0.25) is 5.91 Å². The lowest BCUT2D eigenvalue weighted by molar-refractivity contribution is -0.136. The lowest BCUT2D eigenvalue weighted by Crippen LogP contribution is -2.51. The van der Waals surface area contributed by atoms with Crippen LogP contribution < -0.4 is 15.4 Å². The van der Waals surface area contributed by atoms with Crippen LogP contribution in [0.3, 0.4) is 0 Å². The Balaban J connectivity index is 1.25. The molecule has 8 nitrogen and oxygen atoms in total. The third-order valence-corrected chi connectivity index (χ3v) is 7.94. The van der Waals surface area contributed by atoms with Crippen LogP contribution in [0.5, 0.6) is 5.75 Å². The Hall–Kier alpha value is -3.42. The molecule has 1 aliphatic heterocycles. The van der Waals surface area contributed by atoms with Crippen LogP contribution in [0.4, 0.5) is 4.79 Å². The van der Waals surface area contributed by atoms with Gasteiger partial charge in [-0.3, -0.25) is 19.5 Å². The van der Waals surface area contributed by atoms with Crippen LogP contribution in [0.1, 0.15) is 64.0 Å². The Bertz CT molecular complexity index is 1080. The molecule has 0 atom stereocenters. The number of aromatic nitrogens is 1. The summed E-state index contributed by atoms with van der Waals surface area (Å²) in [5.74, 6) is 0.608. The third kappa shape index (κ3) is 5.69. The van der Waals surface area contributed by atoms with E-state index in [0.717, 1.165) is 41.0 Å². The first-order valence-corrected chi connectivity index (χ1v) is 12.7. The molecule has 36 heavy (non-hydrogen) atoms. The first-order chi connectivity index (χ1) is 17.2. The zero-order valence-electron chi connectivity index (χ0n) is 21.4. The van der Waals surface area contributed by atoms with Gasteiger partial charge in [0, 0.05) is 24.5 Å². The van der Waals surface area contributed by atoms with E-state index < -0.39 is 11.6 Å². The maximum absolute atomic E-state index is 13.2. The number of hydrogen-bond acceptors (Lipinski definition) is 5. The van der Waals surface area contributed by atoms with Crippen molar-refractivity contribution in [2.75, 3.05) is 6.54 Å². The molecule has 0 unspecified atom stereocenters. The first kappa shape index (κ1) is 25.7. The van der Waals surface area contributed by atoms with Crippen LogP contribution in [-0.4, -0.2) is 39.8 Å². The van der Waals surface area contributed by atoms with E-state index in [-0.39, 0.29) is 23.8 Å². The molecule has 1 saturated carbocycles. The standard InChI is InChI=1S/C28H36N4O4/c1-4-27(2,3)22-11-13-28(14-12-22)25(34)32(26(35)31-28)18-24(33)30-17-20-7-9-23(10-8-20)36-19-21-6-5-15-29-16-21/h5-10,15-16,22H,4,11-14,17-19H2,1-3H3,(H,30,33)(H,31,35). The average molecular weight is 493 g/mol. The SMILES string of the molecule is CCC(C)(C)C1CCC2(CC1)NC(=O)N(CC(=O)NCc1ccc(OCc3cccnc3)cc1)C2=O. The number of imide groups is 1. The fourth-order valence-electron chi connectivity index (χ4n) is 5.09. The van der Waals surface area contributed by atoms with Crippen LogP contribution in [0.2, 0.25) is 0 Å². The summed E-state index contributed by atoms with van der Waals surface area (Å²) in [7, 11) is 0. The number of pyridine rings is 1. The number of urea groups is 1. The number of amides is 4. The van der Waals surface area contributed by atoms with Crippen LogP contribution >= 0.6 is 0 Å². The molecule has 1 aromatic heterocycles. The Morgan fingerprint density at radius 3 is 2.53 bits per heavy atom. The molecule has 192 valence electrons. The quantitative estimate of drug-likeness (QED) is 0.511. The van der Waals surface area contributed by atoms with E-state index in [4.69, 9.17) is 4.74 Å². The summed E-state index contributed by atoms with van der Waals surface area (Å²) in [5, 5.41) is 5.72. The molecule has 1 spiro atoms. The molecule has 1 saturated heterocycles. The van der Waals surface area contributed by atoms with Crippen molar-refractivity contribution >= 4 is 17.8 Å². The van der Waals surface area contributed by atoms with Gasteiger partial charge in [-0.05, 0) is 60.8 Å². The average Bonchev–Trinajstić information content (AvgIpc) is 3.11. The highest BCUT2D eigenvalue weighted by Gasteiger charge is 2.53. The van der Waals surface area contributed by atoms with E-state index in [1.807, 2.05) is 36.4 Å². The van der Waals surface area contributed by atoms with E-state index in [9.17, 15) is 14.4 Å². The molecule has 1 aliphatic carbocycles. The number of nitrogens with one attached hydrogen (secondary N) is 2. The normalized spacial score (nSPS) is 22.0. The van der Waals surface area contributed by atoms with E-state index in [1.54, 1.807) is 12.4 Å². The number of benzene rings is 1. The molecule has 1 aromatic carbocycles. The van der Waals surface area contributed by atoms with Crippen molar-refractivity contribution in [3.8, 4) is 5.75 Å². The van der Waals surface area contributed by atoms with Crippen LogP contribution in [0, 0.1) is 11.3 Å². The van der Waals surface area contributed by atoms with Gasteiger partial charge in [-0.1, -0.05) is 45.4 Å². The van der Waals surface area contributed by atoms with Crippen LogP contribution in [0.25, 0.3) is 0 Å². The van der Waals surface area contributed by atoms with Crippen molar-refractivity contribution < 1.29 is 19.1 Å². The summed E-state index contributed by atoms with van der Waals surface area (Å²) < 4.78 is 5.76. The summed E-state index contributed by atoms with van der Waals surface area (Å²) in [4.78, 5) is 43.5. The topological polar surface area (TPSA) is 101 Å². The molecule has 0 radical (unpaired) electrons. The van der Waals surface area contributed by atoms with Crippen LogP contribution in [0.15, 0.2) is 48.8 Å². The summed E-state index contributed by atoms with van der Waals surface area (Å²) in [6.45, 7) is 7.18. The fourth-order valence-corrected chi connectivity index (χ4v) is 5.09. The van der Waals surface area contributed by atoms with Crippen molar-refractivity contribution in [3.63, 3.8) is 0 Å². The second-order valence-corrected chi connectivity index (χ2v) is 10.6. The predicted molar refractivity (Wildman–Crippen MR) is 136 cm³/mol. The molecule has 4 amide bonds. The Kier molecular flexibility index (Phi) is 7.62. The number of ether oxygens (including phenoxy) is 1. The first-order valence-electron chi connectivity index (χ1n) is 12.7. The van der Waals surface area contributed by atoms with Crippen molar-refractivity contribution in [2.45, 2.75) is 71.6 Å². The fraction of sp³-hybridized carbons (Fsp3) is 0.500. The third-order valence-electron chi connectivity index (χ3n) is 7.94. The van der Waals surface area contributed by atoms with E-state index in [2.05, 4.69) is 36.4 Å². The van der Waals surface area contributed by atoms with Crippen molar-refractivity contribution in [1.82, 2.24) is 20.5 Å². The molecule has 2 heterocycles. The molecule has 2 fully saturated rings. The minimum atomic E-state index is -0.858. The largest absolute Gasteiger partial charge is 0.489 e. The Morgan fingerprint density at radius 1 is 1.17 bits per heavy atom. The van der Waals surface area contributed by atoms with Gasteiger partial charge in [0.05, 0.1) is 0 Å². The molecular weight excluding hydrogens is 456 g/mol. The Labute approximate surface area is 212 Å². The lowest BCUT2D eigenvalue weighted by Gasteiger charge is -2.42.